The number of halogens is 1. The lowest BCUT2D eigenvalue weighted by molar-refractivity contribution is -0.385. The van der Waals surface area contributed by atoms with Gasteiger partial charge in [-0.05, 0) is 13.0 Å². The first-order valence-electron chi connectivity index (χ1n) is 4.31. The highest BCUT2D eigenvalue weighted by Crippen LogP contribution is 2.27. The monoisotopic (exact) mass is 227 g/mol. The summed E-state index contributed by atoms with van der Waals surface area (Å²) < 4.78 is 0. The van der Waals surface area contributed by atoms with Gasteiger partial charge in [-0.15, -0.1) is 0 Å². The minimum Gasteiger partial charge on any atom is -0.330 e. The van der Waals surface area contributed by atoms with Gasteiger partial charge >= 0.3 is 5.69 Å². The summed E-state index contributed by atoms with van der Waals surface area (Å²) in [6.07, 6.45) is 6.77. The second-order valence-corrected chi connectivity index (χ2v) is 3.18. The Morgan fingerprint density at radius 2 is 2.33 bits per heavy atom. The van der Waals surface area contributed by atoms with Crippen LogP contribution in [-0.4, -0.2) is 16.5 Å². The van der Waals surface area contributed by atoms with Gasteiger partial charge in [0.1, 0.15) is 11.2 Å². The molecule has 5 nitrogen and oxygen atoms in total. The largest absolute Gasteiger partial charge is 0.330 e. The summed E-state index contributed by atoms with van der Waals surface area (Å²) in [6, 6.07) is 0. The van der Waals surface area contributed by atoms with Gasteiger partial charge < -0.3 is 5.73 Å². The Hall–Kier alpha value is -1.46. The first kappa shape index (κ1) is 11.6. The van der Waals surface area contributed by atoms with Crippen molar-refractivity contribution in [1.82, 2.24) is 4.98 Å². The number of nitro groups is 1. The Morgan fingerprint density at radius 1 is 1.60 bits per heavy atom. The summed E-state index contributed by atoms with van der Waals surface area (Å²) in [5.74, 6) is 0. The molecule has 0 atom stereocenters. The molecular formula is C9H10ClN3O2. The fourth-order valence-corrected chi connectivity index (χ4v) is 1.23. The Bertz CT molecular complexity index is 393. The van der Waals surface area contributed by atoms with Crippen molar-refractivity contribution in [1.29, 1.82) is 0 Å². The second-order valence-electron chi connectivity index (χ2n) is 2.80. The first-order chi connectivity index (χ1) is 7.16. The molecule has 0 aliphatic carbocycles. The molecule has 0 radical (unpaired) electrons. The van der Waals surface area contributed by atoms with Gasteiger partial charge in [-0.2, -0.15) is 0 Å². The van der Waals surface area contributed by atoms with Crippen molar-refractivity contribution in [3.63, 3.8) is 0 Å². The Balaban J connectivity index is 2.99. The van der Waals surface area contributed by atoms with E-state index in [1.54, 1.807) is 12.2 Å². The topological polar surface area (TPSA) is 82.0 Å². The molecule has 1 aromatic rings. The van der Waals surface area contributed by atoms with Crippen molar-refractivity contribution in [2.24, 2.45) is 5.73 Å². The molecule has 1 aromatic heterocycles. The summed E-state index contributed by atoms with van der Waals surface area (Å²) in [6.45, 7) is 0.524. The molecule has 80 valence electrons. The van der Waals surface area contributed by atoms with E-state index < -0.39 is 4.92 Å². The lowest BCUT2D eigenvalue weighted by atomic mass is 10.2. The van der Waals surface area contributed by atoms with Crippen molar-refractivity contribution >= 4 is 23.4 Å². The van der Waals surface area contributed by atoms with E-state index in [-0.39, 0.29) is 10.7 Å². The minimum atomic E-state index is -0.560. The third-order valence-corrected chi connectivity index (χ3v) is 2.13. The van der Waals surface area contributed by atoms with Crippen LogP contribution in [0.15, 0.2) is 18.5 Å². The van der Waals surface area contributed by atoms with E-state index in [9.17, 15) is 10.1 Å². The molecular weight excluding hydrogens is 218 g/mol. The molecule has 2 N–H and O–H groups in total. The van der Waals surface area contributed by atoms with E-state index in [0.29, 0.717) is 18.5 Å². The zero-order chi connectivity index (χ0) is 11.3. The Labute approximate surface area is 91.7 Å². The maximum Gasteiger partial charge on any atom is 0.306 e. The van der Waals surface area contributed by atoms with E-state index in [0.717, 1.165) is 6.20 Å². The third kappa shape index (κ3) is 3.00. The van der Waals surface area contributed by atoms with Crippen LogP contribution >= 0.6 is 11.6 Å². The van der Waals surface area contributed by atoms with Gasteiger partial charge in [0.2, 0.25) is 0 Å². The van der Waals surface area contributed by atoms with Crippen molar-refractivity contribution in [2.75, 3.05) is 6.54 Å². The van der Waals surface area contributed by atoms with Crippen LogP contribution < -0.4 is 5.73 Å². The normalized spacial score (nSPS) is 10.8. The molecule has 6 heteroatoms. The lowest BCUT2D eigenvalue weighted by Gasteiger charge is -1.98. The summed E-state index contributed by atoms with van der Waals surface area (Å²) >= 11 is 5.82. The number of nitrogens with zero attached hydrogens (tertiary/aromatic N) is 2. The van der Waals surface area contributed by atoms with Gasteiger partial charge in [0.05, 0.1) is 4.92 Å². The van der Waals surface area contributed by atoms with Gasteiger partial charge in [0.25, 0.3) is 0 Å². The number of aromatic nitrogens is 1. The van der Waals surface area contributed by atoms with Crippen LogP contribution in [0.4, 0.5) is 5.69 Å². The van der Waals surface area contributed by atoms with Crippen LogP contribution in [0.25, 0.3) is 6.08 Å². The summed E-state index contributed by atoms with van der Waals surface area (Å²) in [7, 11) is 0. The molecule has 0 bridgehead atoms. The summed E-state index contributed by atoms with van der Waals surface area (Å²) in [4.78, 5) is 13.7. The Morgan fingerprint density at radius 3 is 2.93 bits per heavy atom. The van der Waals surface area contributed by atoms with Crippen LogP contribution in [0.5, 0.6) is 0 Å². The molecule has 0 aliphatic rings. The number of rotatable bonds is 4. The maximum absolute atomic E-state index is 10.5. The number of hydrogen-bond donors (Lipinski definition) is 1. The number of pyridine rings is 1. The van der Waals surface area contributed by atoms with Crippen molar-refractivity contribution < 1.29 is 4.92 Å². The highest BCUT2D eigenvalue weighted by Gasteiger charge is 2.14. The van der Waals surface area contributed by atoms with E-state index in [1.165, 1.54) is 6.20 Å². The molecule has 1 heterocycles. The van der Waals surface area contributed by atoms with Gasteiger partial charge in [-0.3, -0.25) is 15.1 Å². The third-order valence-electron chi connectivity index (χ3n) is 1.72. The van der Waals surface area contributed by atoms with Gasteiger partial charge in [0.15, 0.2) is 0 Å². The SMILES string of the molecule is NCCC=Cc1cncc([N+](=O)[O-])c1Cl. The van der Waals surface area contributed by atoms with Crippen molar-refractivity contribution in [3.8, 4) is 0 Å². The number of hydrogen-bond acceptors (Lipinski definition) is 4. The molecule has 0 unspecified atom stereocenters. The van der Waals surface area contributed by atoms with Crippen molar-refractivity contribution in [3.05, 3.63) is 39.2 Å². The standard InChI is InChI=1S/C9H10ClN3O2/c10-9-7(3-1-2-4-11)5-12-6-8(9)13(14)15/h1,3,5-6H,2,4,11H2. The molecule has 15 heavy (non-hydrogen) atoms. The van der Waals surface area contributed by atoms with Crippen LogP contribution in [0, 0.1) is 10.1 Å². The lowest BCUT2D eigenvalue weighted by Crippen LogP contribution is -1.95. The Kier molecular flexibility index (Phi) is 4.20. The van der Waals surface area contributed by atoms with Gasteiger partial charge in [-0.25, -0.2) is 0 Å². The van der Waals surface area contributed by atoms with Crippen LogP contribution in [0.2, 0.25) is 5.02 Å². The number of nitrogens with two attached hydrogens (primary N) is 1. The summed E-state index contributed by atoms with van der Waals surface area (Å²) in [5.41, 5.74) is 5.64. The fraction of sp³-hybridized carbons (Fsp3) is 0.222. The van der Waals surface area contributed by atoms with E-state index in [1.807, 2.05) is 0 Å². The van der Waals surface area contributed by atoms with Crippen molar-refractivity contribution in [2.45, 2.75) is 6.42 Å². The average Bonchev–Trinajstić information content (AvgIpc) is 2.20. The van der Waals surface area contributed by atoms with Crippen LogP contribution in [0.1, 0.15) is 12.0 Å². The minimum absolute atomic E-state index is 0.100. The zero-order valence-electron chi connectivity index (χ0n) is 7.89. The zero-order valence-corrected chi connectivity index (χ0v) is 8.65. The average molecular weight is 228 g/mol. The highest BCUT2D eigenvalue weighted by molar-refractivity contribution is 6.34. The summed E-state index contributed by atoms with van der Waals surface area (Å²) in [5, 5.41) is 10.6. The van der Waals surface area contributed by atoms with E-state index in [2.05, 4.69) is 4.98 Å². The molecule has 0 saturated carbocycles. The molecule has 0 amide bonds. The van der Waals surface area contributed by atoms with E-state index in [4.69, 9.17) is 17.3 Å². The quantitative estimate of drug-likeness (QED) is 0.630. The second kappa shape index (κ2) is 5.43. The van der Waals surface area contributed by atoms with E-state index >= 15 is 0 Å². The molecule has 0 aliphatic heterocycles. The van der Waals surface area contributed by atoms with Crippen LogP contribution in [0.3, 0.4) is 0 Å². The maximum atomic E-state index is 10.5. The van der Waals surface area contributed by atoms with Gasteiger partial charge in [0, 0.05) is 11.8 Å². The smallest absolute Gasteiger partial charge is 0.306 e. The predicted molar refractivity (Wildman–Crippen MR) is 58.6 cm³/mol. The van der Waals surface area contributed by atoms with Gasteiger partial charge in [-0.1, -0.05) is 23.8 Å². The van der Waals surface area contributed by atoms with Crippen LogP contribution in [-0.2, 0) is 0 Å². The first-order valence-corrected chi connectivity index (χ1v) is 4.69. The molecule has 0 saturated heterocycles. The molecule has 1 rings (SSSR count). The fourth-order valence-electron chi connectivity index (χ4n) is 0.999. The molecule has 0 aromatic carbocycles. The molecule has 0 fully saturated rings. The predicted octanol–water partition coefficient (Wildman–Crippen LogP) is 2.01. The molecule has 0 spiro atoms. The highest BCUT2D eigenvalue weighted by atomic mass is 35.5.